The number of carbonyl (C=O) groups is 1. The molecule has 2 aliphatic heterocycles. The maximum Gasteiger partial charge on any atom is 0.231 e. The maximum atomic E-state index is 11.0. The molecule has 3 aliphatic rings. The van der Waals surface area contributed by atoms with Gasteiger partial charge in [-0.25, -0.2) is 0 Å². The number of ether oxygens (including phenoxy) is 2. The number of hydrogen-bond donors (Lipinski definition) is 1. The van der Waals surface area contributed by atoms with E-state index in [0.717, 1.165) is 44.2 Å². The number of hydrogen-bond acceptors (Lipinski definition) is 5. The number of anilines is 1. The van der Waals surface area contributed by atoms with Crippen LogP contribution in [0, 0.1) is 0 Å². The van der Waals surface area contributed by atoms with Crippen LogP contribution in [0.25, 0.3) is 0 Å². The molecule has 28 heavy (non-hydrogen) atoms. The molecule has 6 heteroatoms. The van der Waals surface area contributed by atoms with E-state index in [9.17, 15) is 4.79 Å². The topological polar surface area (TPSA) is 54.0 Å². The average molecular weight is 392 g/mol. The van der Waals surface area contributed by atoms with Crippen LogP contribution >= 0.6 is 0 Å². The molecule has 1 saturated carbocycles. The molecule has 0 atom stereocenters. The van der Waals surface area contributed by atoms with E-state index in [0.29, 0.717) is 19.3 Å². The van der Waals surface area contributed by atoms with Gasteiger partial charge in [0, 0.05) is 40.1 Å². The van der Waals surface area contributed by atoms with Gasteiger partial charge in [0.2, 0.25) is 12.7 Å². The first kappa shape index (κ1) is 20.8. The Morgan fingerprint density at radius 2 is 1.86 bits per heavy atom. The fourth-order valence-corrected chi connectivity index (χ4v) is 4.05. The molecule has 1 saturated heterocycles. The van der Waals surface area contributed by atoms with E-state index in [2.05, 4.69) is 28.1 Å². The molecule has 0 unspecified atom stereocenters. The van der Waals surface area contributed by atoms with Crippen molar-refractivity contribution < 1.29 is 15.7 Å². The fraction of sp³-hybridized carbons (Fsp3) is 0.682. The number of benzene rings is 1. The summed E-state index contributed by atoms with van der Waals surface area (Å²) in [5.74, 6) is 2.00. The van der Waals surface area contributed by atoms with Gasteiger partial charge < -0.3 is 24.6 Å². The van der Waals surface area contributed by atoms with Crippen LogP contribution in [0.5, 0.6) is 11.5 Å². The highest BCUT2D eigenvalue weighted by Gasteiger charge is 2.23. The molecule has 0 bridgehead atoms. The minimum absolute atomic E-state index is 0. The lowest BCUT2D eigenvalue weighted by atomic mass is 9.95. The standard InChI is InChI=1S/C13H18N2O2.C9H17NO.H2/c1-2-14-6-8-15(9-7-14)11-4-3-5-12-13(11)17-10-16-12;1-2-9(11)10-8-6-4-3-5-7-8;/h3-5H,2,6-10H2,1H3;8H,2-7H2,1H3,(H,10,11);1H. The number of nitrogens with zero attached hydrogens (tertiary/aromatic N) is 2. The molecular weight excluding hydrogens is 354 g/mol. The minimum Gasteiger partial charge on any atom is -0.454 e. The van der Waals surface area contributed by atoms with Gasteiger partial charge in [-0.2, -0.15) is 0 Å². The summed E-state index contributed by atoms with van der Waals surface area (Å²) in [6.45, 7) is 9.98. The summed E-state index contributed by atoms with van der Waals surface area (Å²) in [6.07, 6.45) is 6.91. The molecule has 1 aliphatic carbocycles. The van der Waals surface area contributed by atoms with Crippen LogP contribution in [-0.2, 0) is 4.79 Å². The Labute approximate surface area is 170 Å². The average Bonchev–Trinajstić information content (AvgIpc) is 3.24. The lowest BCUT2D eigenvalue weighted by molar-refractivity contribution is -0.121. The monoisotopic (exact) mass is 391 g/mol. The molecule has 1 amide bonds. The van der Waals surface area contributed by atoms with Gasteiger partial charge in [-0.3, -0.25) is 4.79 Å². The van der Waals surface area contributed by atoms with Gasteiger partial charge in [-0.15, -0.1) is 0 Å². The Bertz CT molecular complexity index is 630. The van der Waals surface area contributed by atoms with Gasteiger partial charge in [0.1, 0.15) is 0 Å². The molecule has 0 aromatic heterocycles. The summed E-state index contributed by atoms with van der Waals surface area (Å²) in [5.41, 5.74) is 1.18. The van der Waals surface area contributed by atoms with Gasteiger partial charge >= 0.3 is 0 Å². The Hall–Kier alpha value is -1.95. The largest absolute Gasteiger partial charge is 0.454 e. The molecule has 2 heterocycles. The van der Waals surface area contributed by atoms with Crippen molar-refractivity contribution in [1.29, 1.82) is 0 Å². The molecule has 6 nitrogen and oxygen atoms in total. The lowest BCUT2D eigenvalue weighted by Crippen LogP contribution is -2.46. The Morgan fingerprint density at radius 1 is 1.11 bits per heavy atom. The highest BCUT2D eigenvalue weighted by Crippen LogP contribution is 2.41. The molecule has 1 aromatic carbocycles. The summed E-state index contributed by atoms with van der Waals surface area (Å²) in [6, 6.07) is 6.61. The quantitative estimate of drug-likeness (QED) is 0.849. The maximum absolute atomic E-state index is 11.0. The third-order valence-electron chi connectivity index (χ3n) is 5.83. The first-order valence-electron chi connectivity index (χ1n) is 10.9. The van der Waals surface area contributed by atoms with Crippen LogP contribution in [0.2, 0.25) is 0 Å². The number of para-hydroxylation sites is 1. The normalized spacial score (nSPS) is 19.7. The number of carbonyl (C=O) groups excluding carboxylic acids is 1. The third kappa shape index (κ3) is 5.53. The molecular formula is C22H37N3O3. The summed E-state index contributed by atoms with van der Waals surface area (Å²) >= 11 is 0. The molecule has 1 N–H and O–H groups in total. The van der Waals surface area contributed by atoms with Gasteiger partial charge in [0.05, 0.1) is 5.69 Å². The number of likely N-dealkylation sites (N-methyl/N-ethyl adjacent to an activating group) is 1. The van der Waals surface area contributed by atoms with Crippen LogP contribution in [0.15, 0.2) is 18.2 Å². The van der Waals surface area contributed by atoms with E-state index >= 15 is 0 Å². The second-order valence-corrected chi connectivity index (χ2v) is 7.69. The summed E-state index contributed by atoms with van der Waals surface area (Å²) < 4.78 is 11.0. The summed E-state index contributed by atoms with van der Waals surface area (Å²) in [5, 5.41) is 3.03. The molecule has 158 valence electrons. The summed E-state index contributed by atoms with van der Waals surface area (Å²) in [4.78, 5) is 15.8. The van der Waals surface area contributed by atoms with E-state index in [1.54, 1.807) is 0 Å². The van der Waals surface area contributed by atoms with Crippen LogP contribution in [0.3, 0.4) is 0 Å². The van der Waals surface area contributed by atoms with Crippen molar-refractivity contribution in [1.82, 2.24) is 10.2 Å². The third-order valence-corrected chi connectivity index (χ3v) is 5.83. The van der Waals surface area contributed by atoms with Crippen molar-refractivity contribution in [3.8, 4) is 11.5 Å². The second kappa shape index (κ2) is 10.6. The minimum atomic E-state index is 0. The predicted molar refractivity (Wildman–Crippen MR) is 114 cm³/mol. The van der Waals surface area contributed by atoms with Crippen molar-refractivity contribution in [3.63, 3.8) is 0 Å². The molecule has 4 rings (SSSR count). The van der Waals surface area contributed by atoms with Gasteiger partial charge in [0.15, 0.2) is 11.5 Å². The first-order valence-corrected chi connectivity index (χ1v) is 10.9. The van der Waals surface area contributed by atoms with E-state index < -0.39 is 0 Å². The van der Waals surface area contributed by atoms with Crippen molar-refractivity contribution in [2.45, 2.75) is 58.4 Å². The molecule has 0 radical (unpaired) electrons. The Kier molecular flexibility index (Phi) is 7.83. The smallest absolute Gasteiger partial charge is 0.231 e. The first-order chi connectivity index (χ1) is 13.7. The lowest BCUT2D eigenvalue weighted by Gasteiger charge is -2.35. The fourth-order valence-electron chi connectivity index (χ4n) is 4.05. The van der Waals surface area contributed by atoms with E-state index in [4.69, 9.17) is 9.47 Å². The van der Waals surface area contributed by atoms with Crippen molar-refractivity contribution >= 4 is 11.6 Å². The zero-order valence-corrected chi connectivity index (χ0v) is 17.4. The van der Waals surface area contributed by atoms with Crippen LogP contribution in [0.1, 0.15) is 53.8 Å². The van der Waals surface area contributed by atoms with Crippen LogP contribution < -0.4 is 19.7 Å². The van der Waals surface area contributed by atoms with Crippen molar-refractivity contribution in [2.75, 3.05) is 44.4 Å². The van der Waals surface area contributed by atoms with Gasteiger partial charge in [-0.1, -0.05) is 39.2 Å². The second-order valence-electron chi connectivity index (χ2n) is 7.69. The van der Waals surface area contributed by atoms with Crippen molar-refractivity contribution in [3.05, 3.63) is 18.2 Å². The SMILES string of the molecule is CCC(=O)NC1CCCCC1.CCN1CCN(c2cccc3c2OCO3)CC1.[HH]. The number of nitrogens with one attached hydrogen (secondary N) is 1. The number of fused-ring (bicyclic) bond motifs is 1. The number of amides is 1. The molecule has 0 spiro atoms. The van der Waals surface area contributed by atoms with E-state index in [1.807, 2.05) is 19.1 Å². The predicted octanol–water partition coefficient (Wildman–Crippen LogP) is 3.65. The van der Waals surface area contributed by atoms with Crippen LogP contribution in [-0.4, -0.2) is 56.4 Å². The highest BCUT2D eigenvalue weighted by atomic mass is 16.7. The Morgan fingerprint density at radius 3 is 2.54 bits per heavy atom. The van der Waals surface area contributed by atoms with E-state index in [1.165, 1.54) is 37.8 Å². The number of piperazine rings is 1. The zero-order valence-electron chi connectivity index (χ0n) is 17.4. The Balaban J connectivity index is 0.000000219. The zero-order chi connectivity index (χ0) is 19.8. The van der Waals surface area contributed by atoms with Gasteiger partial charge in [0.25, 0.3) is 0 Å². The highest BCUT2D eigenvalue weighted by molar-refractivity contribution is 5.75. The van der Waals surface area contributed by atoms with Gasteiger partial charge in [-0.05, 0) is 31.5 Å². The molecule has 1 aromatic rings. The summed E-state index contributed by atoms with van der Waals surface area (Å²) in [7, 11) is 0. The van der Waals surface area contributed by atoms with Crippen LogP contribution in [0.4, 0.5) is 5.69 Å². The van der Waals surface area contributed by atoms with Crippen molar-refractivity contribution in [2.24, 2.45) is 0 Å². The van der Waals surface area contributed by atoms with E-state index in [-0.39, 0.29) is 7.33 Å². The molecule has 2 fully saturated rings. The number of rotatable bonds is 4.